The van der Waals surface area contributed by atoms with E-state index in [0.29, 0.717) is 18.0 Å². The number of hydrogen-bond donors (Lipinski definition) is 2. The lowest BCUT2D eigenvalue weighted by Gasteiger charge is -2.22. The molecule has 0 atom stereocenters. The standard InChI is InChI=1S/C23H28N4O2/c1-16(2)27-21-9-8-18(22(28)24-15-17-10-12-29-13-11-17)14-20(21)26-23(27)25-19-6-4-3-5-7-19/h3-9,14,16-17H,10-13,15H2,1-2H3,(H,24,28)(H,25,26). The summed E-state index contributed by atoms with van der Waals surface area (Å²) in [6.07, 6.45) is 2.01. The van der Waals surface area contributed by atoms with Gasteiger partial charge in [0.2, 0.25) is 5.95 Å². The number of benzene rings is 2. The quantitative estimate of drug-likeness (QED) is 0.647. The molecule has 29 heavy (non-hydrogen) atoms. The second-order valence-corrected chi connectivity index (χ2v) is 7.86. The number of para-hydroxylation sites is 1. The third-order valence-corrected chi connectivity index (χ3v) is 5.39. The number of carbonyl (C=O) groups excluding carboxylic acids is 1. The first-order chi connectivity index (χ1) is 14.1. The van der Waals surface area contributed by atoms with Crippen molar-refractivity contribution in [3.05, 3.63) is 54.1 Å². The number of nitrogens with zero attached hydrogens (tertiary/aromatic N) is 2. The summed E-state index contributed by atoms with van der Waals surface area (Å²) >= 11 is 0. The first-order valence-corrected chi connectivity index (χ1v) is 10.3. The van der Waals surface area contributed by atoms with Crippen LogP contribution in [0.4, 0.5) is 11.6 Å². The fraction of sp³-hybridized carbons (Fsp3) is 0.391. The highest BCUT2D eigenvalue weighted by Gasteiger charge is 2.18. The Bertz CT molecular complexity index is 975. The Morgan fingerprint density at radius 2 is 1.93 bits per heavy atom. The van der Waals surface area contributed by atoms with Crippen LogP contribution in [0.15, 0.2) is 48.5 Å². The maximum absolute atomic E-state index is 12.7. The Kier molecular flexibility index (Phi) is 5.81. The number of hydrogen-bond acceptors (Lipinski definition) is 4. The smallest absolute Gasteiger partial charge is 0.251 e. The predicted octanol–water partition coefficient (Wildman–Crippen LogP) is 4.52. The zero-order valence-electron chi connectivity index (χ0n) is 17.0. The summed E-state index contributed by atoms with van der Waals surface area (Å²) in [5.74, 6) is 1.23. The monoisotopic (exact) mass is 392 g/mol. The van der Waals surface area contributed by atoms with Gasteiger partial charge in [0, 0.05) is 37.1 Å². The normalized spacial score (nSPS) is 15.0. The molecule has 1 aliphatic rings. The van der Waals surface area contributed by atoms with Gasteiger partial charge in [0.05, 0.1) is 11.0 Å². The van der Waals surface area contributed by atoms with E-state index in [-0.39, 0.29) is 11.9 Å². The molecule has 6 nitrogen and oxygen atoms in total. The van der Waals surface area contributed by atoms with Crippen molar-refractivity contribution < 1.29 is 9.53 Å². The van der Waals surface area contributed by atoms with Gasteiger partial charge >= 0.3 is 0 Å². The van der Waals surface area contributed by atoms with Gasteiger partial charge < -0.3 is 19.9 Å². The molecule has 0 spiro atoms. The molecule has 0 aliphatic carbocycles. The molecule has 2 heterocycles. The fourth-order valence-electron chi connectivity index (χ4n) is 3.79. The third kappa shape index (κ3) is 4.43. The summed E-state index contributed by atoms with van der Waals surface area (Å²) in [6, 6.07) is 16.0. The topological polar surface area (TPSA) is 68.2 Å². The number of ether oxygens (including phenoxy) is 1. The van der Waals surface area contributed by atoms with Crippen molar-refractivity contribution >= 4 is 28.6 Å². The first-order valence-electron chi connectivity index (χ1n) is 10.3. The lowest BCUT2D eigenvalue weighted by atomic mass is 10.0. The van der Waals surface area contributed by atoms with Crippen LogP contribution >= 0.6 is 0 Å². The van der Waals surface area contributed by atoms with E-state index >= 15 is 0 Å². The molecule has 0 unspecified atom stereocenters. The molecule has 1 fully saturated rings. The molecular weight excluding hydrogens is 364 g/mol. The number of aromatic nitrogens is 2. The van der Waals surface area contributed by atoms with Crippen LogP contribution < -0.4 is 10.6 Å². The minimum Gasteiger partial charge on any atom is -0.381 e. The molecule has 152 valence electrons. The Balaban J connectivity index is 1.55. The minimum atomic E-state index is -0.0462. The van der Waals surface area contributed by atoms with Crippen LogP contribution in [0.25, 0.3) is 11.0 Å². The van der Waals surface area contributed by atoms with Crippen molar-refractivity contribution in [3.8, 4) is 0 Å². The highest BCUT2D eigenvalue weighted by Crippen LogP contribution is 2.27. The molecule has 3 aromatic rings. The Morgan fingerprint density at radius 3 is 2.66 bits per heavy atom. The van der Waals surface area contributed by atoms with E-state index in [1.165, 1.54) is 0 Å². The van der Waals surface area contributed by atoms with Crippen LogP contribution in [0.2, 0.25) is 0 Å². The Hall–Kier alpha value is -2.86. The average Bonchev–Trinajstić information content (AvgIpc) is 3.10. The Labute approximate surface area is 171 Å². The number of anilines is 2. The van der Waals surface area contributed by atoms with Crippen molar-refractivity contribution in [2.75, 3.05) is 25.1 Å². The molecule has 0 radical (unpaired) electrons. The van der Waals surface area contributed by atoms with Crippen molar-refractivity contribution in [2.24, 2.45) is 5.92 Å². The van der Waals surface area contributed by atoms with Gasteiger partial charge in [-0.05, 0) is 62.9 Å². The van der Waals surface area contributed by atoms with E-state index in [2.05, 4.69) is 29.0 Å². The number of nitrogens with one attached hydrogen (secondary N) is 2. The van der Waals surface area contributed by atoms with E-state index in [0.717, 1.165) is 48.7 Å². The van der Waals surface area contributed by atoms with Crippen molar-refractivity contribution in [3.63, 3.8) is 0 Å². The molecule has 0 saturated carbocycles. The second-order valence-electron chi connectivity index (χ2n) is 7.86. The minimum absolute atomic E-state index is 0.0462. The summed E-state index contributed by atoms with van der Waals surface area (Å²) in [5, 5.41) is 6.47. The number of fused-ring (bicyclic) bond motifs is 1. The van der Waals surface area contributed by atoms with Gasteiger partial charge in [-0.25, -0.2) is 4.98 Å². The van der Waals surface area contributed by atoms with Crippen LogP contribution in [-0.2, 0) is 4.74 Å². The predicted molar refractivity (Wildman–Crippen MR) is 116 cm³/mol. The molecule has 2 N–H and O–H groups in total. The van der Waals surface area contributed by atoms with Gasteiger partial charge in [0.1, 0.15) is 0 Å². The third-order valence-electron chi connectivity index (χ3n) is 5.39. The molecule has 6 heteroatoms. The van der Waals surface area contributed by atoms with Gasteiger partial charge in [0.15, 0.2) is 0 Å². The summed E-state index contributed by atoms with van der Waals surface area (Å²) < 4.78 is 7.54. The summed E-state index contributed by atoms with van der Waals surface area (Å²) in [4.78, 5) is 17.4. The zero-order chi connectivity index (χ0) is 20.2. The van der Waals surface area contributed by atoms with Gasteiger partial charge in [-0.2, -0.15) is 0 Å². The van der Waals surface area contributed by atoms with Crippen molar-refractivity contribution in [2.45, 2.75) is 32.7 Å². The van der Waals surface area contributed by atoms with Crippen molar-refractivity contribution in [1.29, 1.82) is 0 Å². The van der Waals surface area contributed by atoms with E-state index in [4.69, 9.17) is 9.72 Å². The second kappa shape index (κ2) is 8.66. The Morgan fingerprint density at radius 1 is 1.17 bits per heavy atom. The molecule has 1 saturated heterocycles. The first kappa shape index (κ1) is 19.5. The van der Waals surface area contributed by atoms with Crippen LogP contribution in [0.3, 0.4) is 0 Å². The highest BCUT2D eigenvalue weighted by molar-refractivity contribution is 5.97. The van der Waals surface area contributed by atoms with E-state index in [1.807, 2.05) is 48.5 Å². The maximum Gasteiger partial charge on any atom is 0.251 e. The number of imidazole rings is 1. The maximum atomic E-state index is 12.7. The average molecular weight is 393 g/mol. The van der Waals surface area contributed by atoms with Crippen LogP contribution in [-0.4, -0.2) is 35.2 Å². The van der Waals surface area contributed by atoms with E-state index in [9.17, 15) is 4.79 Å². The SMILES string of the molecule is CC(C)n1c(Nc2ccccc2)nc2cc(C(=O)NCC3CCOCC3)ccc21. The van der Waals surface area contributed by atoms with Crippen LogP contribution in [0.1, 0.15) is 43.1 Å². The molecule has 1 aromatic heterocycles. The number of rotatable bonds is 6. The van der Waals surface area contributed by atoms with Crippen LogP contribution in [0.5, 0.6) is 0 Å². The lowest BCUT2D eigenvalue weighted by Crippen LogP contribution is -2.32. The molecule has 2 aromatic carbocycles. The zero-order valence-corrected chi connectivity index (χ0v) is 17.0. The molecular formula is C23H28N4O2. The van der Waals surface area contributed by atoms with Crippen LogP contribution in [0, 0.1) is 5.92 Å². The molecule has 0 bridgehead atoms. The van der Waals surface area contributed by atoms with Gasteiger partial charge in [-0.15, -0.1) is 0 Å². The summed E-state index contributed by atoms with van der Waals surface area (Å²) in [5.41, 5.74) is 3.46. The molecule has 1 amide bonds. The fourth-order valence-corrected chi connectivity index (χ4v) is 3.79. The lowest BCUT2D eigenvalue weighted by molar-refractivity contribution is 0.0642. The molecule has 1 aliphatic heterocycles. The van der Waals surface area contributed by atoms with Gasteiger partial charge in [-0.1, -0.05) is 18.2 Å². The van der Waals surface area contributed by atoms with Gasteiger partial charge in [-0.3, -0.25) is 4.79 Å². The number of carbonyl (C=O) groups is 1. The van der Waals surface area contributed by atoms with E-state index < -0.39 is 0 Å². The van der Waals surface area contributed by atoms with E-state index in [1.54, 1.807) is 0 Å². The number of amides is 1. The van der Waals surface area contributed by atoms with Gasteiger partial charge in [0.25, 0.3) is 5.91 Å². The largest absolute Gasteiger partial charge is 0.381 e. The summed E-state index contributed by atoms with van der Waals surface area (Å²) in [6.45, 7) is 6.53. The van der Waals surface area contributed by atoms with Crippen molar-refractivity contribution in [1.82, 2.24) is 14.9 Å². The highest BCUT2D eigenvalue weighted by atomic mass is 16.5. The summed E-state index contributed by atoms with van der Waals surface area (Å²) in [7, 11) is 0. The molecule has 4 rings (SSSR count).